The van der Waals surface area contributed by atoms with E-state index in [9.17, 15) is 4.79 Å². The predicted octanol–water partition coefficient (Wildman–Crippen LogP) is 2.81. The smallest absolute Gasteiger partial charge is 0.335 e. The summed E-state index contributed by atoms with van der Waals surface area (Å²) >= 11 is 0. The summed E-state index contributed by atoms with van der Waals surface area (Å²) in [5.74, 6) is 0. The van der Waals surface area contributed by atoms with Crippen LogP contribution in [-0.4, -0.2) is 31.0 Å². The number of hydrazone groups is 1. The highest BCUT2D eigenvalue weighted by molar-refractivity contribution is 6.00. The molecule has 1 atom stereocenters. The molecule has 2 amide bonds. The molecule has 0 saturated carbocycles. The lowest BCUT2D eigenvalue weighted by Crippen LogP contribution is -2.37. The van der Waals surface area contributed by atoms with E-state index in [1.165, 1.54) is 11.1 Å². The minimum Gasteiger partial charge on any atom is -0.376 e. The summed E-state index contributed by atoms with van der Waals surface area (Å²) < 4.78 is 5.46. The maximum absolute atomic E-state index is 11.8. The number of urea groups is 1. The summed E-state index contributed by atoms with van der Waals surface area (Å²) in [6.45, 7) is 9.44. The Morgan fingerprint density at radius 2 is 2.00 bits per heavy atom. The zero-order valence-corrected chi connectivity index (χ0v) is 13.8. The average molecular weight is 303 g/mol. The number of carbonyl (C=O) groups is 1. The minimum absolute atomic E-state index is 0.137. The van der Waals surface area contributed by atoms with Gasteiger partial charge in [0.2, 0.25) is 0 Å². The van der Waals surface area contributed by atoms with Crippen LogP contribution < -0.4 is 10.7 Å². The molecular weight excluding hydrogens is 278 g/mol. The Morgan fingerprint density at radius 3 is 2.68 bits per heavy atom. The molecule has 1 heterocycles. The number of aryl methyl sites for hydroxylation is 3. The molecule has 1 aromatic rings. The molecule has 1 unspecified atom stereocenters. The van der Waals surface area contributed by atoms with Crippen molar-refractivity contribution < 1.29 is 9.53 Å². The van der Waals surface area contributed by atoms with Gasteiger partial charge < -0.3 is 10.1 Å². The molecule has 5 heteroatoms. The lowest BCUT2D eigenvalue weighted by atomic mass is 9.98. The van der Waals surface area contributed by atoms with E-state index in [2.05, 4.69) is 48.7 Å². The zero-order chi connectivity index (χ0) is 16.1. The summed E-state index contributed by atoms with van der Waals surface area (Å²) in [6, 6.07) is 3.95. The van der Waals surface area contributed by atoms with E-state index >= 15 is 0 Å². The standard InChI is InChI=1S/C17H25N3O2/c1-11-8-13(3)16(9-12(11)2)14(4)19-20-17(21)18-10-15-6-5-7-22-15/h8-9,15H,5-7,10H2,1-4H3,(H2,18,20,21)/b19-14+. The molecule has 0 radical (unpaired) electrons. The van der Waals surface area contributed by atoms with Gasteiger partial charge >= 0.3 is 6.03 Å². The SMILES string of the molecule is C/C(=N\NC(=O)NCC1CCCO1)c1cc(C)c(C)cc1C. The van der Waals surface area contributed by atoms with Crippen molar-refractivity contribution in [3.05, 3.63) is 34.4 Å². The van der Waals surface area contributed by atoms with Gasteiger partial charge in [-0.05, 0) is 63.3 Å². The van der Waals surface area contributed by atoms with Gasteiger partial charge in [0.05, 0.1) is 11.8 Å². The van der Waals surface area contributed by atoms with Crippen LogP contribution in [0.2, 0.25) is 0 Å². The minimum atomic E-state index is -0.295. The Balaban J connectivity index is 1.91. The number of nitrogens with one attached hydrogen (secondary N) is 2. The summed E-state index contributed by atoms with van der Waals surface area (Å²) in [5, 5.41) is 6.97. The van der Waals surface area contributed by atoms with Gasteiger partial charge in [0.25, 0.3) is 0 Å². The zero-order valence-electron chi connectivity index (χ0n) is 13.8. The van der Waals surface area contributed by atoms with Crippen molar-refractivity contribution in [3.8, 4) is 0 Å². The monoisotopic (exact) mass is 303 g/mol. The first kappa shape index (κ1) is 16.5. The molecule has 2 N–H and O–H groups in total. The van der Waals surface area contributed by atoms with Crippen molar-refractivity contribution in [2.45, 2.75) is 46.6 Å². The van der Waals surface area contributed by atoms with E-state index in [4.69, 9.17) is 4.74 Å². The Labute approximate surface area is 132 Å². The van der Waals surface area contributed by atoms with Crippen LogP contribution in [0.5, 0.6) is 0 Å². The molecule has 1 saturated heterocycles. The van der Waals surface area contributed by atoms with Gasteiger partial charge in [-0.2, -0.15) is 5.10 Å². The number of hydrogen-bond acceptors (Lipinski definition) is 3. The Hall–Kier alpha value is -1.88. The van der Waals surface area contributed by atoms with Crippen LogP contribution in [0.4, 0.5) is 4.79 Å². The van der Waals surface area contributed by atoms with E-state index in [-0.39, 0.29) is 12.1 Å². The summed E-state index contributed by atoms with van der Waals surface area (Å²) in [4.78, 5) is 11.8. The fourth-order valence-corrected chi connectivity index (χ4v) is 2.60. The molecule has 0 spiro atoms. The number of nitrogens with zero attached hydrogens (tertiary/aromatic N) is 1. The number of amides is 2. The molecule has 1 aliphatic heterocycles. The predicted molar refractivity (Wildman–Crippen MR) is 88.4 cm³/mol. The van der Waals surface area contributed by atoms with Crippen LogP contribution in [0.1, 0.15) is 42.0 Å². The molecule has 1 fully saturated rings. The molecule has 2 rings (SSSR count). The number of hydrogen-bond donors (Lipinski definition) is 2. The lowest BCUT2D eigenvalue weighted by Gasteiger charge is -2.11. The molecule has 1 aromatic carbocycles. The maximum atomic E-state index is 11.8. The molecule has 0 aromatic heterocycles. The van der Waals surface area contributed by atoms with Gasteiger partial charge in [-0.1, -0.05) is 6.07 Å². The van der Waals surface area contributed by atoms with E-state index < -0.39 is 0 Å². The second kappa shape index (κ2) is 7.40. The maximum Gasteiger partial charge on any atom is 0.335 e. The molecule has 0 aliphatic carbocycles. The van der Waals surface area contributed by atoms with Crippen molar-refractivity contribution in [1.82, 2.24) is 10.7 Å². The lowest BCUT2D eigenvalue weighted by molar-refractivity contribution is 0.111. The number of ether oxygens (including phenoxy) is 1. The third kappa shape index (κ3) is 4.31. The summed E-state index contributed by atoms with van der Waals surface area (Å²) in [6.07, 6.45) is 2.21. The molecule has 120 valence electrons. The van der Waals surface area contributed by atoms with Gasteiger partial charge in [0.15, 0.2) is 0 Å². The van der Waals surface area contributed by atoms with E-state index in [1.54, 1.807) is 0 Å². The number of benzene rings is 1. The quantitative estimate of drug-likeness (QED) is 0.663. The first-order valence-corrected chi connectivity index (χ1v) is 7.75. The molecular formula is C17H25N3O2. The Bertz CT molecular complexity index is 576. The van der Waals surface area contributed by atoms with Crippen molar-refractivity contribution in [1.29, 1.82) is 0 Å². The van der Waals surface area contributed by atoms with Crippen LogP contribution in [-0.2, 0) is 4.74 Å². The highest BCUT2D eigenvalue weighted by Crippen LogP contribution is 2.16. The molecule has 22 heavy (non-hydrogen) atoms. The third-order valence-electron chi connectivity index (χ3n) is 4.07. The van der Waals surface area contributed by atoms with Crippen molar-refractivity contribution in [2.75, 3.05) is 13.2 Å². The molecule has 0 bridgehead atoms. The van der Waals surface area contributed by atoms with E-state index in [1.807, 2.05) is 6.92 Å². The van der Waals surface area contributed by atoms with Crippen molar-refractivity contribution in [2.24, 2.45) is 5.10 Å². The highest BCUT2D eigenvalue weighted by atomic mass is 16.5. The molecule has 1 aliphatic rings. The van der Waals surface area contributed by atoms with Crippen LogP contribution >= 0.6 is 0 Å². The molecule has 5 nitrogen and oxygen atoms in total. The van der Waals surface area contributed by atoms with E-state index in [0.29, 0.717) is 6.54 Å². The topological polar surface area (TPSA) is 62.7 Å². The van der Waals surface area contributed by atoms with E-state index in [0.717, 1.165) is 36.3 Å². The largest absolute Gasteiger partial charge is 0.376 e. The second-order valence-electron chi connectivity index (χ2n) is 5.91. The second-order valence-corrected chi connectivity index (χ2v) is 5.91. The van der Waals surface area contributed by atoms with Crippen LogP contribution in [0.15, 0.2) is 17.2 Å². The number of carbonyl (C=O) groups excluding carboxylic acids is 1. The van der Waals surface area contributed by atoms with Crippen LogP contribution in [0.25, 0.3) is 0 Å². The first-order chi connectivity index (χ1) is 10.5. The highest BCUT2D eigenvalue weighted by Gasteiger charge is 2.15. The average Bonchev–Trinajstić information content (AvgIpc) is 2.99. The summed E-state index contributed by atoms with van der Waals surface area (Å²) in [5.41, 5.74) is 8.04. The van der Waals surface area contributed by atoms with Crippen LogP contribution in [0, 0.1) is 20.8 Å². The van der Waals surface area contributed by atoms with Gasteiger partial charge in [-0.15, -0.1) is 0 Å². The van der Waals surface area contributed by atoms with Crippen LogP contribution in [0.3, 0.4) is 0 Å². The van der Waals surface area contributed by atoms with Gasteiger partial charge in [-0.25, -0.2) is 10.2 Å². The van der Waals surface area contributed by atoms with Gasteiger partial charge in [0, 0.05) is 18.7 Å². The fourth-order valence-electron chi connectivity index (χ4n) is 2.60. The van der Waals surface area contributed by atoms with Crippen molar-refractivity contribution >= 4 is 11.7 Å². The van der Waals surface area contributed by atoms with Crippen molar-refractivity contribution in [3.63, 3.8) is 0 Å². The Kier molecular flexibility index (Phi) is 5.55. The fraction of sp³-hybridized carbons (Fsp3) is 0.529. The first-order valence-electron chi connectivity index (χ1n) is 7.75. The van der Waals surface area contributed by atoms with Gasteiger partial charge in [-0.3, -0.25) is 0 Å². The van der Waals surface area contributed by atoms with Gasteiger partial charge in [0.1, 0.15) is 0 Å². The third-order valence-corrected chi connectivity index (χ3v) is 4.07. The normalized spacial score (nSPS) is 18.4. The Morgan fingerprint density at radius 1 is 1.27 bits per heavy atom. The summed E-state index contributed by atoms with van der Waals surface area (Å²) in [7, 11) is 0. The number of rotatable bonds is 4.